The highest BCUT2D eigenvalue weighted by Gasteiger charge is 2.16. The lowest BCUT2D eigenvalue weighted by Crippen LogP contribution is -2.17. The first-order chi connectivity index (χ1) is 10.1. The predicted octanol–water partition coefficient (Wildman–Crippen LogP) is 2.33. The number of nitrogens with zero attached hydrogens (tertiary/aromatic N) is 1. The molecule has 6 nitrogen and oxygen atoms in total. The fourth-order valence-electron chi connectivity index (χ4n) is 1.92. The van der Waals surface area contributed by atoms with Gasteiger partial charge in [-0.05, 0) is 0 Å². The van der Waals surface area contributed by atoms with E-state index in [2.05, 4.69) is 10.3 Å². The van der Waals surface area contributed by atoms with Gasteiger partial charge in [-0.25, -0.2) is 4.98 Å². The van der Waals surface area contributed by atoms with Crippen LogP contribution in [0.4, 0.5) is 10.8 Å². The molecule has 0 unspecified atom stereocenters. The molecule has 1 aromatic carbocycles. The lowest BCUT2D eigenvalue weighted by Gasteiger charge is -2.19. The van der Waals surface area contributed by atoms with Gasteiger partial charge in [-0.3, -0.25) is 4.79 Å². The first-order valence-corrected chi connectivity index (χ1v) is 7.46. The number of nitrogens with one attached hydrogen (secondary N) is 1. The molecule has 0 saturated heterocycles. The Hall–Kier alpha value is -1.99. The van der Waals surface area contributed by atoms with Crippen molar-refractivity contribution in [2.45, 2.75) is 6.42 Å². The van der Waals surface area contributed by atoms with E-state index in [9.17, 15) is 4.79 Å². The third kappa shape index (κ3) is 3.20. The zero-order valence-electron chi connectivity index (χ0n) is 10.9. The third-order valence-corrected chi connectivity index (χ3v) is 3.85. The van der Waals surface area contributed by atoms with Crippen LogP contribution in [0.25, 0.3) is 0 Å². The molecule has 21 heavy (non-hydrogen) atoms. The van der Waals surface area contributed by atoms with Crippen LogP contribution in [0.15, 0.2) is 17.5 Å². The van der Waals surface area contributed by atoms with E-state index in [0.717, 1.165) is 0 Å². The van der Waals surface area contributed by atoms with Gasteiger partial charge in [0.25, 0.3) is 0 Å². The monoisotopic (exact) mass is 325 g/mol. The van der Waals surface area contributed by atoms with E-state index in [4.69, 9.17) is 26.8 Å². The number of nitrogen functional groups attached to an aromatic ring is 1. The van der Waals surface area contributed by atoms with Crippen molar-refractivity contribution in [1.82, 2.24) is 4.98 Å². The van der Waals surface area contributed by atoms with Gasteiger partial charge in [0.05, 0.1) is 22.8 Å². The van der Waals surface area contributed by atoms with Crippen molar-refractivity contribution in [1.29, 1.82) is 0 Å². The van der Waals surface area contributed by atoms with Crippen molar-refractivity contribution in [3.05, 3.63) is 28.2 Å². The number of anilines is 2. The van der Waals surface area contributed by atoms with Crippen LogP contribution in [-0.4, -0.2) is 24.1 Å². The zero-order valence-corrected chi connectivity index (χ0v) is 12.5. The number of ether oxygens (including phenoxy) is 2. The number of hydrogen-bond donors (Lipinski definition) is 2. The number of nitrogens with two attached hydrogens (primary N) is 1. The van der Waals surface area contributed by atoms with Crippen LogP contribution >= 0.6 is 22.9 Å². The molecule has 110 valence electrons. The Labute approximate surface area is 129 Å². The molecule has 2 heterocycles. The van der Waals surface area contributed by atoms with Crippen molar-refractivity contribution in [3.63, 3.8) is 0 Å². The second kappa shape index (κ2) is 5.79. The van der Waals surface area contributed by atoms with Gasteiger partial charge in [-0.15, -0.1) is 11.3 Å². The van der Waals surface area contributed by atoms with Crippen LogP contribution in [0, 0.1) is 0 Å². The van der Waals surface area contributed by atoms with E-state index in [1.165, 1.54) is 11.3 Å². The summed E-state index contributed by atoms with van der Waals surface area (Å²) in [5.41, 5.74) is 6.64. The highest BCUT2D eigenvalue weighted by atomic mass is 35.5. The molecule has 0 aliphatic carbocycles. The normalized spacial score (nSPS) is 13.0. The number of carbonyl (C=O) groups excluding carboxylic acids is 1. The molecule has 8 heteroatoms. The van der Waals surface area contributed by atoms with Crippen LogP contribution in [0.1, 0.15) is 5.69 Å². The van der Waals surface area contributed by atoms with Crippen LogP contribution in [0.5, 0.6) is 11.5 Å². The number of thiazole rings is 1. The number of aromatic nitrogens is 1. The number of hydrogen-bond acceptors (Lipinski definition) is 6. The Bertz CT molecular complexity index is 689. The molecular weight excluding hydrogens is 314 g/mol. The van der Waals surface area contributed by atoms with Crippen LogP contribution in [-0.2, 0) is 11.2 Å². The molecule has 0 fully saturated rings. The molecule has 0 radical (unpaired) electrons. The van der Waals surface area contributed by atoms with E-state index in [1.807, 2.05) is 0 Å². The number of benzene rings is 1. The maximum absolute atomic E-state index is 12.0. The summed E-state index contributed by atoms with van der Waals surface area (Å²) >= 11 is 7.43. The van der Waals surface area contributed by atoms with Crippen LogP contribution < -0.4 is 20.5 Å². The minimum absolute atomic E-state index is 0.137. The first-order valence-electron chi connectivity index (χ1n) is 6.20. The minimum Gasteiger partial charge on any atom is -0.486 e. The van der Waals surface area contributed by atoms with Gasteiger partial charge in [0.15, 0.2) is 16.6 Å². The Kier molecular flexibility index (Phi) is 3.85. The van der Waals surface area contributed by atoms with Crippen molar-refractivity contribution in [3.8, 4) is 11.5 Å². The van der Waals surface area contributed by atoms with Gasteiger partial charge in [0, 0.05) is 17.5 Å². The SMILES string of the molecule is Nc1nc(CC(=O)Nc2cc3c(cc2Cl)OCCO3)cs1. The molecule has 1 aliphatic rings. The molecule has 0 atom stereocenters. The second-order valence-corrected chi connectivity index (χ2v) is 5.67. The summed E-state index contributed by atoms with van der Waals surface area (Å²) < 4.78 is 10.9. The van der Waals surface area contributed by atoms with Gasteiger partial charge in [-0.2, -0.15) is 0 Å². The van der Waals surface area contributed by atoms with Gasteiger partial charge < -0.3 is 20.5 Å². The van der Waals surface area contributed by atoms with Crippen LogP contribution in [0.3, 0.4) is 0 Å². The predicted molar refractivity (Wildman–Crippen MR) is 81.3 cm³/mol. The highest BCUT2D eigenvalue weighted by molar-refractivity contribution is 7.13. The van der Waals surface area contributed by atoms with Crippen molar-refractivity contribution < 1.29 is 14.3 Å². The fourth-order valence-corrected chi connectivity index (χ4v) is 2.69. The lowest BCUT2D eigenvalue weighted by atomic mass is 10.2. The third-order valence-electron chi connectivity index (χ3n) is 2.82. The fraction of sp³-hybridized carbons (Fsp3) is 0.231. The maximum Gasteiger partial charge on any atom is 0.230 e. The van der Waals surface area contributed by atoms with Gasteiger partial charge in [-0.1, -0.05) is 11.6 Å². The maximum atomic E-state index is 12.0. The molecule has 0 saturated carbocycles. The summed E-state index contributed by atoms with van der Waals surface area (Å²) in [6.45, 7) is 0.959. The zero-order chi connectivity index (χ0) is 14.8. The van der Waals surface area contributed by atoms with Gasteiger partial charge in [0.1, 0.15) is 13.2 Å². The molecule has 1 amide bonds. The summed E-state index contributed by atoms with van der Waals surface area (Å²) in [6.07, 6.45) is 0.137. The van der Waals surface area contributed by atoms with E-state index in [-0.39, 0.29) is 12.3 Å². The summed E-state index contributed by atoms with van der Waals surface area (Å²) in [7, 11) is 0. The second-order valence-electron chi connectivity index (χ2n) is 4.38. The number of fused-ring (bicyclic) bond motifs is 1. The van der Waals surface area contributed by atoms with Crippen molar-refractivity contribution in [2.75, 3.05) is 24.3 Å². The number of rotatable bonds is 3. The molecule has 1 aliphatic heterocycles. The Morgan fingerprint density at radius 1 is 1.38 bits per heavy atom. The standard InChI is InChI=1S/C13H12ClN3O3S/c14-8-4-10-11(20-2-1-19-10)5-9(8)17-12(18)3-7-6-21-13(15)16-7/h4-6H,1-3H2,(H2,15,16)(H,17,18). The van der Waals surface area contributed by atoms with E-state index < -0.39 is 0 Å². The molecule has 0 spiro atoms. The Balaban J connectivity index is 1.73. The molecule has 0 bridgehead atoms. The van der Waals surface area contributed by atoms with Gasteiger partial charge >= 0.3 is 0 Å². The number of carbonyl (C=O) groups is 1. The Morgan fingerprint density at radius 3 is 2.76 bits per heavy atom. The largest absolute Gasteiger partial charge is 0.486 e. The molecule has 2 aromatic rings. The number of halogens is 1. The molecule has 1 aromatic heterocycles. The van der Waals surface area contributed by atoms with E-state index in [0.29, 0.717) is 46.2 Å². The van der Waals surface area contributed by atoms with Crippen LogP contribution in [0.2, 0.25) is 5.02 Å². The molecular formula is C13H12ClN3O3S. The first kappa shape index (κ1) is 14.0. The van der Waals surface area contributed by atoms with E-state index >= 15 is 0 Å². The average molecular weight is 326 g/mol. The summed E-state index contributed by atoms with van der Waals surface area (Å²) in [4.78, 5) is 16.0. The minimum atomic E-state index is -0.223. The number of amides is 1. The topological polar surface area (TPSA) is 86.5 Å². The van der Waals surface area contributed by atoms with E-state index in [1.54, 1.807) is 17.5 Å². The smallest absolute Gasteiger partial charge is 0.230 e. The molecule has 3 N–H and O–H groups in total. The van der Waals surface area contributed by atoms with Gasteiger partial charge in [0.2, 0.25) is 5.91 Å². The van der Waals surface area contributed by atoms with Crippen molar-refractivity contribution in [2.24, 2.45) is 0 Å². The molecule has 3 rings (SSSR count). The summed E-state index contributed by atoms with van der Waals surface area (Å²) in [6, 6.07) is 3.29. The highest BCUT2D eigenvalue weighted by Crippen LogP contribution is 2.37. The quantitative estimate of drug-likeness (QED) is 0.904. The summed E-state index contributed by atoms with van der Waals surface area (Å²) in [5.74, 6) is 0.925. The average Bonchev–Trinajstić information content (AvgIpc) is 2.85. The Morgan fingerprint density at radius 2 is 2.10 bits per heavy atom. The van der Waals surface area contributed by atoms with Crippen molar-refractivity contribution >= 4 is 39.7 Å². The lowest BCUT2D eigenvalue weighted by molar-refractivity contribution is -0.115. The summed E-state index contributed by atoms with van der Waals surface area (Å²) in [5, 5.41) is 5.32.